The minimum atomic E-state index is 0.214. The van der Waals surface area contributed by atoms with E-state index in [0.29, 0.717) is 0 Å². The summed E-state index contributed by atoms with van der Waals surface area (Å²) in [7, 11) is 0. The Morgan fingerprint density at radius 2 is 1.58 bits per heavy atom. The molecule has 0 unspecified atom stereocenters. The van der Waals surface area contributed by atoms with Crippen LogP contribution in [0, 0.1) is 0 Å². The van der Waals surface area contributed by atoms with Crippen molar-refractivity contribution >= 4 is 0 Å². The third-order valence-corrected chi connectivity index (χ3v) is 2.73. The first kappa shape index (κ1) is 11.3. The molecular weight excluding hydrogens is 238 g/mol. The lowest BCUT2D eigenvalue weighted by Crippen LogP contribution is -1.90. The maximum Gasteiger partial charge on any atom is 0.116 e. The molecular formula is C15H11N3O. The lowest BCUT2D eigenvalue weighted by Gasteiger charge is -2.04. The Hall–Kier alpha value is -2.75. The minimum absolute atomic E-state index is 0.214. The van der Waals surface area contributed by atoms with Crippen molar-refractivity contribution in [1.29, 1.82) is 0 Å². The van der Waals surface area contributed by atoms with E-state index in [1.807, 2.05) is 18.2 Å². The molecule has 92 valence electrons. The molecule has 1 N–H and O–H groups in total. The highest BCUT2D eigenvalue weighted by molar-refractivity contribution is 5.64. The first-order valence-corrected chi connectivity index (χ1v) is 5.85. The molecule has 0 amide bonds. The van der Waals surface area contributed by atoms with Crippen molar-refractivity contribution in [2.24, 2.45) is 0 Å². The summed E-state index contributed by atoms with van der Waals surface area (Å²) in [5, 5.41) is 9.50. The Balaban J connectivity index is 2.06. The first-order chi connectivity index (χ1) is 9.33. The summed E-state index contributed by atoms with van der Waals surface area (Å²) in [6.07, 6.45) is 6.84. The van der Waals surface area contributed by atoms with Crippen molar-refractivity contribution in [3.05, 3.63) is 61.2 Å². The van der Waals surface area contributed by atoms with Gasteiger partial charge in [-0.25, -0.2) is 4.98 Å². The zero-order chi connectivity index (χ0) is 13.1. The van der Waals surface area contributed by atoms with Crippen molar-refractivity contribution in [2.75, 3.05) is 0 Å². The van der Waals surface area contributed by atoms with Crippen LogP contribution in [-0.4, -0.2) is 20.1 Å². The van der Waals surface area contributed by atoms with E-state index in [1.54, 1.807) is 43.0 Å². The predicted octanol–water partition coefficient (Wildman–Crippen LogP) is 2.91. The van der Waals surface area contributed by atoms with Crippen molar-refractivity contribution in [3.8, 4) is 28.3 Å². The molecule has 3 rings (SSSR count). The molecule has 2 heterocycles. The molecule has 0 aliphatic carbocycles. The van der Waals surface area contributed by atoms with Crippen LogP contribution in [0.15, 0.2) is 61.2 Å². The van der Waals surface area contributed by atoms with Gasteiger partial charge in [0.1, 0.15) is 5.75 Å². The van der Waals surface area contributed by atoms with Gasteiger partial charge in [0.2, 0.25) is 0 Å². The van der Waals surface area contributed by atoms with Crippen LogP contribution >= 0.6 is 0 Å². The second-order valence-corrected chi connectivity index (χ2v) is 4.08. The third kappa shape index (κ3) is 2.42. The van der Waals surface area contributed by atoms with Crippen molar-refractivity contribution < 1.29 is 5.11 Å². The van der Waals surface area contributed by atoms with Gasteiger partial charge in [0, 0.05) is 23.5 Å². The summed E-state index contributed by atoms with van der Waals surface area (Å²) < 4.78 is 0. The van der Waals surface area contributed by atoms with Gasteiger partial charge in [-0.1, -0.05) is 12.1 Å². The zero-order valence-corrected chi connectivity index (χ0v) is 10.1. The van der Waals surface area contributed by atoms with Gasteiger partial charge in [0.05, 0.1) is 23.8 Å². The molecule has 0 saturated carbocycles. The van der Waals surface area contributed by atoms with E-state index in [9.17, 15) is 5.11 Å². The van der Waals surface area contributed by atoms with Crippen LogP contribution in [0.25, 0.3) is 22.5 Å². The van der Waals surface area contributed by atoms with E-state index in [-0.39, 0.29) is 5.75 Å². The predicted molar refractivity (Wildman–Crippen MR) is 72.4 cm³/mol. The van der Waals surface area contributed by atoms with E-state index >= 15 is 0 Å². The van der Waals surface area contributed by atoms with Crippen LogP contribution in [0.3, 0.4) is 0 Å². The smallest absolute Gasteiger partial charge is 0.116 e. The molecule has 0 aliphatic heterocycles. The zero-order valence-electron chi connectivity index (χ0n) is 10.1. The molecule has 0 aliphatic rings. The normalized spacial score (nSPS) is 10.3. The highest BCUT2D eigenvalue weighted by atomic mass is 16.3. The summed E-state index contributed by atoms with van der Waals surface area (Å²) in [4.78, 5) is 12.8. The van der Waals surface area contributed by atoms with Gasteiger partial charge in [0.15, 0.2) is 0 Å². The minimum Gasteiger partial charge on any atom is -0.508 e. The summed E-state index contributed by atoms with van der Waals surface area (Å²) in [6.45, 7) is 0. The standard InChI is InChI=1S/C15H11N3O/c19-13-5-1-3-11(7-13)14-9-17-10-15(18-14)12-4-2-6-16-8-12/h1-10,19H. The first-order valence-electron chi connectivity index (χ1n) is 5.85. The Kier molecular flexibility index (Phi) is 2.90. The fraction of sp³-hybridized carbons (Fsp3) is 0. The molecule has 0 fully saturated rings. The maximum absolute atomic E-state index is 9.50. The highest BCUT2D eigenvalue weighted by Gasteiger charge is 2.04. The molecule has 3 aromatic rings. The van der Waals surface area contributed by atoms with Gasteiger partial charge in [-0.2, -0.15) is 0 Å². The van der Waals surface area contributed by atoms with Crippen LogP contribution in [0.5, 0.6) is 5.75 Å². The molecule has 2 aromatic heterocycles. The van der Waals surface area contributed by atoms with Gasteiger partial charge in [0.25, 0.3) is 0 Å². The largest absolute Gasteiger partial charge is 0.508 e. The summed E-state index contributed by atoms with van der Waals surface area (Å²) >= 11 is 0. The average Bonchev–Trinajstić information content (AvgIpc) is 2.48. The Labute approximate surface area is 110 Å². The van der Waals surface area contributed by atoms with E-state index in [2.05, 4.69) is 15.0 Å². The molecule has 0 radical (unpaired) electrons. The fourth-order valence-corrected chi connectivity index (χ4v) is 1.82. The van der Waals surface area contributed by atoms with Gasteiger partial charge in [-0.15, -0.1) is 0 Å². The topological polar surface area (TPSA) is 58.9 Å². The molecule has 0 bridgehead atoms. The second-order valence-electron chi connectivity index (χ2n) is 4.08. The monoisotopic (exact) mass is 249 g/mol. The molecule has 1 aromatic carbocycles. The highest BCUT2D eigenvalue weighted by Crippen LogP contribution is 2.23. The lowest BCUT2D eigenvalue weighted by molar-refractivity contribution is 0.475. The van der Waals surface area contributed by atoms with E-state index in [1.165, 1.54) is 0 Å². The molecule has 4 heteroatoms. The van der Waals surface area contributed by atoms with Crippen LogP contribution < -0.4 is 0 Å². The van der Waals surface area contributed by atoms with E-state index in [4.69, 9.17) is 0 Å². The SMILES string of the molecule is Oc1cccc(-c2cncc(-c3cccnc3)n2)c1. The number of benzene rings is 1. The number of phenols is 1. The number of phenolic OH excluding ortho intramolecular Hbond substituents is 1. The van der Waals surface area contributed by atoms with Crippen LogP contribution in [-0.2, 0) is 0 Å². The number of hydrogen-bond acceptors (Lipinski definition) is 4. The van der Waals surface area contributed by atoms with Crippen LogP contribution in [0.1, 0.15) is 0 Å². The van der Waals surface area contributed by atoms with E-state index in [0.717, 1.165) is 22.5 Å². The maximum atomic E-state index is 9.50. The van der Waals surface area contributed by atoms with E-state index < -0.39 is 0 Å². The third-order valence-electron chi connectivity index (χ3n) is 2.73. The van der Waals surface area contributed by atoms with Gasteiger partial charge in [-0.3, -0.25) is 9.97 Å². The van der Waals surface area contributed by atoms with Crippen molar-refractivity contribution in [3.63, 3.8) is 0 Å². The number of nitrogens with zero attached hydrogens (tertiary/aromatic N) is 3. The molecule has 4 nitrogen and oxygen atoms in total. The van der Waals surface area contributed by atoms with Crippen LogP contribution in [0.4, 0.5) is 0 Å². The van der Waals surface area contributed by atoms with Crippen molar-refractivity contribution in [2.45, 2.75) is 0 Å². The fourth-order valence-electron chi connectivity index (χ4n) is 1.82. The van der Waals surface area contributed by atoms with Gasteiger partial charge in [-0.05, 0) is 24.3 Å². The quantitative estimate of drug-likeness (QED) is 0.758. The summed E-state index contributed by atoms with van der Waals surface area (Å²) in [5.41, 5.74) is 3.22. The molecule has 0 saturated heterocycles. The number of aromatic hydroxyl groups is 1. The van der Waals surface area contributed by atoms with Crippen molar-refractivity contribution in [1.82, 2.24) is 15.0 Å². The number of pyridine rings is 1. The summed E-state index contributed by atoms with van der Waals surface area (Å²) in [6, 6.07) is 10.8. The lowest BCUT2D eigenvalue weighted by atomic mass is 10.1. The molecule has 0 spiro atoms. The summed E-state index contributed by atoms with van der Waals surface area (Å²) in [5.74, 6) is 0.214. The Morgan fingerprint density at radius 3 is 2.32 bits per heavy atom. The second kappa shape index (κ2) is 4.86. The number of aromatic nitrogens is 3. The molecule has 0 atom stereocenters. The number of hydrogen-bond donors (Lipinski definition) is 1. The van der Waals surface area contributed by atoms with Crippen LogP contribution in [0.2, 0.25) is 0 Å². The molecule has 19 heavy (non-hydrogen) atoms. The van der Waals surface area contributed by atoms with Gasteiger partial charge < -0.3 is 5.11 Å². The Morgan fingerprint density at radius 1 is 0.789 bits per heavy atom. The number of rotatable bonds is 2. The Bertz CT molecular complexity index is 699. The van der Waals surface area contributed by atoms with Gasteiger partial charge >= 0.3 is 0 Å². The average molecular weight is 249 g/mol.